The number of ether oxygens (including phenoxy) is 1. The molecule has 3 N–H and O–H groups in total. The van der Waals surface area contributed by atoms with E-state index >= 15 is 0 Å². The Labute approximate surface area is 115 Å². The number of aryl methyl sites for hydroxylation is 1. The van der Waals surface area contributed by atoms with Crippen LogP contribution < -0.4 is 11.1 Å². The number of rotatable bonds is 8. The van der Waals surface area contributed by atoms with Crippen molar-refractivity contribution in [2.24, 2.45) is 5.73 Å². The average Bonchev–Trinajstić information content (AvgIpc) is 2.37. The Hall–Kier alpha value is -1.39. The van der Waals surface area contributed by atoms with Crippen molar-refractivity contribution in [2.75, 3.05) is 13.7 Å². The normalized spacial score (nSPS) is 12.4. The molecular weight excluding hydrogens is 240 g/mol. The lowest BCUT2D eigenvalue weighted by Crippen LogP contribution is -2.32. The minimum Gasteiger partial charge on any atom is -0.383 e. The standard InChI is InChI=1S/C15H24N2O2/c1-4-5-14(10-19-3)17-9-13-7-6-12(15(16)18)8-11(13)2/h6-8,14,17H,4-5,9-10H2,1-3H3,(H2,16,18). The molecule has 4 heteroatoms. The summed E-state index contributed by atoms with van der Waals surface area (Å²) in [5.74, 6) is -0.383. The van der Waals surface area contributed by atoms with Crippen molar-refractivity contribution < 1.29 is 9.53 Å². The van der Waals surface area contributed by atoms with Gasteiger partial charge in [-0.15, -0.1) is 0 Å². The van der Waals surface area contributed by atoms with Crippen LogP contribution in [-0.2, 0) is 11.3 Å². The highest BCUT2D eigenvalue weighted by Crippen LogP contribution is 2.11. The number of carbonyl (C=O) groups excluding carboxylic acids is 1. The van der Waals surface area contributed by atoms with Crippen molar-refractivity contribution in [1.82, 2.24) is 5.32 Å². The van der Waals surface area contributed by atoms with Gasteiger partial charge in [-0.3, -0.25) is 4.79 Å². The molecule has 0 fully saturated rings. The second-order valence-electron chi connectivity index (χ2n) is 4.83. The number of nitrogens with two attached hydrogens (primary N) is 1. The lowest BCUT2D eigenvalue weighted by molar-refractivity contribution is 0.1000. The van der Waals surface area contributed by atoms with Crippen molar-refractivity contribution in [2.45, 2.75) is 39.3 Å². The smallest absolute Gasteiger partial charge is 0.248 e. The molecular formula is C15H24N2O2. The van der Waals surface area contributed by atoms with E-state index in [4.69, 9.17) is 10.5 Å². The zero-order valence-corrected chi connectivity index (χ0v) is 12.0. The van der Waals surface area contributed by atoms with Gasteiger partial charge in [-0.2, -0.15) is 0 Å². The lowest BCUT2D eigenvalue weighted by atomic mass is 10.0. The van der Waals surface area contributed by atoms with E-state index in [1.807, 2.05) is 19.1 Å². The fourth-order valence-corrected chi connectivity index (χ4v) is 2.10. The van der Waals surface area contributed by atoms with E-state index in [0.717, 1.165) is 24.9 Å². The Morgan fingerprint density at radius 2 is 2.21 bits per heavy atom. The van der Waals surface area contributed by atoms with Gasteiger partial charge in [0.05, 0.1) is 6.61 Å². The molecule has 1 aromatic carbocycles. The van der Waals surface area contributed by atoms with Gasteiger partial charge in [-0.1, -0.05) is 19.4 Å². The molecule has 0 heterocycles. The zero-order chi connectivity index (χ0) is 14.3. The number of primary amides is 1. The van der Waals surface area contributed by atoms with E-state index in [0.29, 0.717) is 18.2 Å². The second-order valence-corrected chi connectivity index (χ2v) is 4.83. The van der Waals surface area contributed by atoms with E-state index in [2.05, 4.69) is 12.2 Å². The Balaban J connectivity index is 2.63. The predicted molar refractivity (Wildman–Crippen MR) is 77.1 cm³/mol. The molecule has 0 spiro atoms. The van der Waals surface area contributed by atoms with Crippen LogP contribution in [0.4, 0.5) is 0 Å². The summed E-state index contributed by atoms with van der Waals surface area (Å²) in [6, 6.07) is 5.94. The molecule has 1 amide bonds. The van der Waals surface area contributed by atoms with Crippen molar-refractivity contribution in [3.05, 3.63) is 34.9 Å². The minimum absolute atomic E-state index is 0.366. The van der Waals surface area contributed by atoms with E-state index < -0.39 is 0 Å². The topological polar surface area (TPSA) is 64.3 Å². The molecule has 19 heavy (non-hydrogen) atoms. The van der Waals surface area contributed by atoms with Crippen molar-refractivity contribution in [1.29, 1.82) is 0 Å². The third-order valence-corrected chi connectivity index (χ3v) is 3.21. The van der Waals surface area contributed by atoms with Crippen LogP contribution in [0.15, 0.2) is 18.2 Å². The molecule has 1 unspecified atom stereocenters. The van der Waals surface area contributed by atoms with Crippen molar-refractivity contribution >= 4 is 5.91 Å². The van der Waals surface area contributed by atoms with Gasteiger partial charge in [0, 0.05) is 25.3 Å². The molecule has 106 valence electrons. The number of nitrogens with one attached hydrogen (secondary N) is 1. The first-order valence-electron chi connectivity index (χ1n) is 6.70. The van der Waals surface area contributed by atoms with Gasteiger partial charge in [0.1, 0.15) is 0 Å². The highest BCUT2D eigenvalue weighted by molar-refractivity contribution is 5.93. The summed E-state index contributed by atoms with van der Waals surface area (Å²) in [6.07, 6.45) is 2.22. The molecule has 1 aromatic rings. The summed E-state index contributed by atoms with van der Waals surface area (Å²) in [5, 5.41) is 3.49. The van der Waals surface area contributed by atoms with E-state index in [1.165, 1.54) is 5.56 Å². The third-order valence-electron chi connectivity index (χ3n) is 3.21. The number of hydrogen-bond donors (Lipinski definition) is 2. The molecule has 0 saturated carbocycles. The first-order chi connectivity index (χ1) is 9.08. The average molecular weight is 264 g/mol. The fraction of sp³-hybridized carbons (Fsp3) is 0.533. The quantitative estimate of drug-likeness (QED) is 0.755. The summed E-state index contributed by atoms with van der Waals surface area (Å²) in [6.45, 7) is 5.65. The largest absolute Gasteiger partial charge is 0.383 e. The maximum atomic E-state index is 11.1. The maximum absolute atomic E-state index is 11.1. The van der Waals surface area contributed by atoms with Crippen molar-refractivity contribution in [3.63, 3.8) is 0 Å². The molecule has 0 aliphatic heterocycles. The summed E-state index contributed by atoms with van der Waals surface area (Å²) in [7, 11) is 1.72. The molecule has 1 atom stereocenters. The van der Waals surface area contributed by atoms with Gasteiger partial charge >= 0.3 is 0 Å². The highest BCUT2D eigenvalue weighted by Gasteiger charge is 2.08. The maximum Gasteiger partial charge on any atom is 0.248 e. The van der Waals surface area contributed by atoms with Crippen LogP contribution in [0, 0.1) is 6.92 Å². The number of hydrogen-bond acceptors (Lipinski definition) is 3. The molecule has 4 nitrogen and oxygen atoms in total. The van der Waals surface area contributed by atoms with Crippen LogP contribution in [0.3, 0.4) is 0 Å². The summed E-state index contributed by atoms with van der Waals surface area (Å²) >= 11 is 0. The number of methoxy groups -OCH3 is 1. The molecule has 0 aromatic heterocycles. The highest BCUT2D eigenvalue weighted by atomic mass is 16.5. The lowest BCUT2D eigenvalue weighted by Gasteiger charge is -2.18. The Morgan fingerprint density at radius 1 is 1.47 bits per heavy atom. The van der Waals surface area contributed by atoms with E-state index in [9.17, 15) is 4.79 Å². The first kappa shape index (κ1) is 15.7. The second kappa shape index (κ2) is 7.92. The molecule has 0 bridgehead atoms. The third kappa shape index (κ3) is 5.01. The zero-order valence-electron chi connectivity index (χ0n) is 12.0. The van der Waals surface area contributed by atoms with Crippen LogP contribution in [0.5, 0.6) is 0 Å². The van der Waals surface area contributed by atoms with Crippen LogP contribution >= 0.6 is 0 Å². The van der Waals surface area contributed by atoms with Crippen LogP contribution in [0.2, 0.25) is 0 Å². The van der Waals surface area contributed by atoms with Gasteiger partial charge in [-0.25, -0.2) is 0 Å². The monoisotopic (exact) mass is 264 g/mol. The summed E-state index contributed by atoms with van der Waals surface area (Å²) in [5.41, 5.74) is 8.08. The molecule has 1 rings (SSSR count). The van der Waals surface area contributed by atoms with Crippen molar-refractivity contribution in [3.8, 4) is 0 Å². The molecule has 0 radical (unpaired) electrons. The SMILES string of the molecule is CCCC(COC)NCc1ccc(C(N)=O)cc1C. The Kier molecular flexibility index (Phi) is 6.53. The van der Waals surface area contributed by atoms with Crippen LogP contribution in [-0.4, -0.2) is 25.7 Å². The van der Waals surface area contributed by atoms with Gasteiger partial charge in [0.25, 0.3) is 0 Å². The number of benzene rings is 1. The van der Waals surface area contributed by atoms with Crippen LogP contribution in [0.25, 0.3) is 0 Å². The van der Waals surface area contributed by atoms with Gasteiger partial charge < -0.3 is 15.8 Å². The van der Waals surface area contributed by atoms with Gasteiger partial charge in [-0.05, 0) is 36.6 Å². The fourth-order valence-electron chi connectivity index (χ4n) is 2.10. The van der Waals surface area contributed by atoms with Gasteiger partial charge in [0.15, 0.2) is 0 Å². The van der Waals surface area contributed by atoms with Crippen LogP contribution in [0.1, 0.15) is 41.3 Å². The minimum atomic E-state index is -0.383. The number of carbonyl (C=O) groups is 1. The molecule has 0 saturated heterocycles. The Bertz CT molecular complexity index is 413. The summed E-state index contributed by atoms with van der Waals surface area (Å²) < 4.78 is 5.20. The first-order valence-corrected chi connectivity index (χ1v) is 6.70. The number of amides is 1. The Morgan fingerprint density at radius 3 is 2.74 bits per heavy atom. The van der Waals surface area contributed by atoms with E-state index in [-0.39, 0.29) is 5.91 Å². The predicted octanol–water partition coefficient (Wildman–Crippen LogP) is 2.00. The summed E-state index contributed by atoms with van der Waals surface area (Å²) in [4.78, 5) is 11.1. The molecule has 0 aliphatic carbocycles. The van der Waals surface area contributed by atoms with Gasteiger partial charge in [0.2, 0.25) is 5.91 Å². The van der Waals surface area contributed by atoms with E-state index in [1.54, 1.807) is 13.2 Å². The molecule has 0 aliphatic rings.